The van der Waals surface area contributed by atoms with E-state index in [9.17, 15) is 22.8 Å². The lowest BCUT2D eigenvalue weighted by atomic mass is 9.89. The van der Waals surface area contributed by atoms with Crippen LogP contribution in [0.3, 0.4) is 0 Å². The smallest absolute Gasteiger partial charge is 0.416 e. The number of pyridine rings is 1. The number of rotatable bonds is 11. The largest absolute Gasteiger partial charge is 0.489 e. The minimum atomic E-state index is -4.31. The van der Waals surface area contributed by atoms with E-state index in [2.05, 4.69) is 9.88 Å². The zero-order chi connectivity index (χ0) is 33.9. The molecule has 0 spiro atoms. The van der Waals surface area contributed by atoms with Gasteiger partial charge in [-0.15, -0.1) is 0 Å². The Morgan fingerprint density at radius 1 is 0.854 bits per heavy atom. The number of Topliss-reactive ketones (excluding diaryl/α,β-unsaturated/α-hetero) is 1. The number of nitrogens with zero attached hydrogens (tertiary/aromatic N) is 2. The number of carbonyl (C=O) groups is 2. The van der Waals surface area contributed by atoms with Crippen LogP contribution in [0.5, 0.6) is 5.75 Å². The van der Waals surface area contributed by atoms with E-state index in [1.165, 1.54) is 24.8 Å². The minimum Gasteiger partial charge on any atom is -0.489 e. The number of carbonyl (C=O) groups excluding carboxylic acids is 2. The molecule has 1 aliphatic heterocycles. The Morgan fingerprint density at radius 2 is 1.54 bits per heavy atom. The van der Waals surface area contributed by atoms with E-state index >= 15 is 0 Å². The second-order valence-electron chi connectivity index (χ2n) is 13.4. The normalized spacial score (nSPS) is 19.9. The number of hydrogen-bond donors (Lipinski definition) is 0. The highest BCUT2D eigenvalue weighted by Crippen LogP contribution is 2.34. The summed E-state index contributed by atoms with van der Waals surface area (Å²) in [5, 5.41) is 0. The Bertz CT molecular complexity index is 1450. The van der Waals surface area contributed by atoms with Crippen LogP contribution in [0.15, 0.2) is 66.9 Å². The van der Waals surface area contributed by atoms with Crippen molar-refractivity contribution in [1.29, 1.82) is 0 Å². The van der Waals surface area contributed by atoms with Gasteiger partial charge in [0.15, 0.2) is 5.78 Å². The summed E-state index contributed by atoms with van der Waals surface area (Å²) in [5.74, 6) is 1.29. The number of ketones is 1. The molecule has 1 aliphatic carbocycles. The minimum absolute atomic E-state index is 0.0539. The molecule has 2 fully saturated rings. The Kier molecular flexibility index (Phi) is 12.7. The van der Waals surface area contributed by atoms with E-state index < -0.39 is 11.7 Å². The van der Waals surface area contributed by atoms with E-state index in [0.717, 1.165) is 95.8 Å². The zero-order valence-electron chi connectivity index (χ0n) is 27.9. The summed E-state index contributed by atoms with van der Waals surface area (Å²) in [6, 6.07) is 16.9. The highest BCUT2D eigenvalue weighted by atomic mass is 19.4. The van der Waals surface area contributed by atoms with Crippen LogP contribution in [-0.4, -0.2) is 47.9 Å². The number of halogens is 3. The third-order valence-electron chi connectivity index (χ3n) is 9.95. The van der Waals surface area contributed by atoms with Crippen molar-refractivity contribution >= 4 is 11.8 Å². The van der Waals surface area contributed by atoms with Gasteiger partial charge in [-0.2, -0.15) is 13.2 Å². The lowest BCUT2D eigenvalue weighted by Crippen LogP contribution is -2.33. The molecule has 2 unspecified atom stereocenters. The van der Waals surface area contributed by atoms with Crippen molar-refractivity contribution in [1.82, 2.24) is 9.88 Å². The van der Waals surface area contributed by atoms with Crippen LogP contribution in [0.25, 0.3) is 0 Å². The maximum atomic E-state index is 13.0. The molecule has 0 bridgehead atoms. The van der Waals surface area contributed by atoms with Crippen LogP contribution in [0.1, 0.15) is 121 Å². The summed E-state index contributed by atoms with van der Waals surface area (Å²) in [7, 11) is 1.39. The number of piperidine rings is 1. The maximum absolute atomic E-state index is 13.0. The summed E-state index contributed by atoms with van der Waals surface area (Å²) in [4.78, 5) is 31.4. The van der Waals surface area contributed by atoms with Gasteiger partial charge in [-0.3, -0.25) is 9.69 Å². The Hall–Kier alpha value is -3.72. The number of benzene rings is 2. The van der Waals surface area contributed by atoms with Crippen LogP contribution in [0.4, 0.5) is 13.2 Å². The summed E-state index contributed by atoms with van der Waals surface area (Å²) in [5.41, 5.74) is 2.60. The number of methoxy groups -OCH3 is 1. The van der Waals surface area contributed by atoms with Crippen LogP contribution in [0, 0.1) is 5.92 Å². The van der Waals surface area contributed by atoms with E-state index in [-0.39, 0.29) is 23.8 Å². The fourth-order valence-electron chi connectivity index (χ4n) is 7.08. The van der Waals surface area contributed by atoms with Gasteiger partial charge < -0.3 is 9.47 Å². The van der Waals surface area contributed by atoms with Crippen molar-refractivity contribution < 1.29 is 32.2 Å². The van der Waals surface area contributed by atoms with Crippen LogP contribution in [-0.2, 0) is 17.5 Å². The monoisotopic (exact) mass is 664 g/mol. The average molecular weight is 665 g/mol. The molecule has 6 nitrogen and oxygen atoms in total. The lowest BCUT2D eigenvalue weighted by Gasteiger charge is -2.32. The van der Waals surface area contributed by atoms with Gasteiger partial charge in [-0.25, -0.2) is 9.78 Å². The second-order valence-corrected chi connectivity index (χ2v) is 13.4. The molecule has 2 aromatic carbocycles. The SMILES string of the molecule is COC(=O)c1ccc(CN2CCC(CCCC(=O)c3ccc(OC4CCCCC(c5ccc(C(F)(F)F)cc5)CCC4)cn3)CC2)cc1. The van der Waals surface area contributed by atoms with E-state index in [1.54, 1.807) is 24.4 Å². The Morgan fingerprint density at radius 3 is 2.21 bits per heavy atom. The van der Waals surface area contributed by atoms with Gasteiger partial charge in [0, 0.05) is 13.0 Å². The summed E-state index contributed by atoms with van der Waals surface area (Å²) in [6.45, 7) is 2.92. The number of alkyl halides is 3. The summed E-state index contributed by atoms with van der Waals surface area (Å²) in [6.07, 6.45) is 8.64. The molecule has 1 aromatic heterocycles. The molecule has 3 aromatic rings. The van der Waals surface area contributed by atoms with Crippen molar-refractivity contribution in [2.45, 2.75) is 102 Å². The maximum Gasteiger partial charge on any atom is 0.416 e. The standard InChI is InChI=1S/C39H47F3N2O4/c1-47-38(46)32-14-12-29(13-15-32)27-44-24-22-28(23-25-44)6-4-11-37(45)36-21-20-35(26-43-36)48-34-9-3-2-7-30(8-5-10-34)31-16-18-33(19-17-31)39(40,41)42/h12-21,26,28,30,34H,2-11,22-25,27H2,1H3. The highest BCUT2D eigenvalue weighted by molar-refractivity contribution is 5.94. The van der Waals surface area contributed by atoms with Gasteiger partial charge in [0.05, 0.1) is 30.5 Å². The molecule has 48 heavy (non-hydrogen) atoms. The first kappa shape index (κ1) is 35.6. The van der Waals surface area contributed by atoms with E-state index in [0.29, 0.717) is 29.3 Å². The molecule has 258 valence electrons. The number of aromatic nitrogens is 1. The highest BCUT2D eigenvalue weighted by Gasteiger charge is 2.30. The molecular weight excluding hydrogens is 617 g/mol. The molecule has 0 amide bonds. The van der Waals surface area contributed by atoms with Gasteiger partial charge in [-0.1, -0.05) is 30.7 Å². The van der Waals surface area contributed by atoms with Gasteiger partial charge in [0.1, 0.15) is 11.4 Å². The topological polar surface area (TPSA) is 68.7 Å². The zero-order valence-corrected chi connectivity index (χ0v) is 27.9. The van der Waals surface area contributed by atoms with Crippen LogP contribution < -0.4 is 4.74 Å². The van der Waals surface area contributed by atoms with E-state index in [4.69, 9.17) is 9.47 Å². The van der Waals surface area contributed by atoms with Gasteiger partial charge in [0.25, 0.3) is 0 Å². The second kappa shape index (κ2) is 17.1. The van der Waals surface area contributed by atoms with Crippen LogP contribution >= 0.6 is 0 Å². The third-order valence-corrected chi connectivity index (χ3v) is 9.95. The molecular formula is C39H47F3N2O4. The first-order valence-electron chi connectivity index (χ1n) is 17.4. The third kappa shape index (κ3) is 10.4. The van der Waals surface area contributed by atoms with Gasteiger partial charge in [-0.05, 0) is 137 Å². The molecule has 2 heterocycles. The van der Waals surface area contributed by atoms with Crippen molar-refractivity contribution in [3.05, 3.63) is 94.8 Å². The number of ether oxygens (including phenoxy) is 2. The number of hydrogen-bond acceptors (Lipinski definition) is 6. The Labute approximate surface area is 282 Å². The fraction of sp³-hybridized carbons (Fsp3) is 0.513. The first-order chi connectivity index (χ1) is 23.2. The number of likely N-dealkylation sites (tertiary alicyclic amines) is 1. The predicted octanol–water partition coefficient (Wildman–Crippen LogP) is 9.43. The van der Waals surface area contributed by atoms with Crippen LogP contribution in [0.2, 0.25) is 0 Å². The van der Waals surface area contributed by atoms with Crippen molar-refractivity contribution in [3.8, 4) is 5.75 Å². The Balaban J connectivity index is 0.994. The van der Waals surface area contributed by atoms with Crippen molar-refractivity contribution in [3.63, 3.8) is 0 Å². The van der Waals surface area contributed by atoms with Gasteiger partial charge >= 0.3 is 12.1 Å². The van der Waals surface area contributed by atoms with Gasteiger partial charge in [0.2, 0.25) is 0 Å². The van der Waals surface area contributed by atoms with E-state index in [1.807, 2.05) is 30.3 Å². The molecule has 1 saturated carbocycles. The molecule has 1 saturated heterocycles. The molecule has 9 heteroatoms. The van der Waals surface area contributed by atoms with Crippen molar-refractivity contribution in [2.24, 2.45) is 5.92 Å². The summed E-state index contributed by atoms with van der Waals surface area (Å²) < 4.78 is 50.0. The molecule has 5 rings (SSSR count). The first-order valence-corrected chi connectivity index (χ1v) is 17.4. The molecule has 0 N–H and O–H groups in total. The average Bonchev–Trinajstić information content (AvgIpc) is 3.21. The lowest BCUT2D eigenvalue weighted by molar-refractivity contribution is -0.137. The molecule has 2 aliphatic rings. The van der Waals surface area contributed by atoms with Crippen molar-refractivity contribution in [2.75, 3.05) is 20.2 Å². The molecule has 0 radical (unpaired) electrons. The summed E-state index contributed by atoms with van der Waals surface area (Å²) >= 11 is 0. The fourth-order valence-corrected chi connectivity index (χ4v) is 7.08. The quantitative estimate of drug-likeness (QED) is 0.150. The predicted molar refractivity (Wildman–Crippen MR) is 179 cm³/mol. The number of esters is 1. The molecule has 2 atom stereocenters.